The highest BCUT2D eigenvalue weighted by atomic mass is 19.1. The first-order valence-electron chi connectivity index (χ1n) is 6.64. The van der Waals surface area contributed by atoms with E-state index in [0.29, 0.717) is 19.2 Å². The van der Waals surface area contributed by atoms with Crippen molar-refractivity contribution in [2.75, 3.05) is 19.7 Å². The van der Waals surface area contributed by atoms with Gasteiger partial charge < -0.3 is 9.84 Å². The number of morpholine rings is 1. The molecule has 3 unspecified atom stereocenters. The van der Waals surface area contributed by atoms with Gasteiger partial charge in [-0.3, -0.25) is 4.90 Å². The first-order valence-corrected chi connectivity index (χ1v) is 6.64. The van der Waals surface area contributed by atoms with Gasteiger partial charge in [0.1, 0.15) is 23.8 Å². The van der Waals surface area contributed by atoms with Crippen molar-refractivity contribution in [3.63, 3.8) is 0 Å². The van der Waals surface area contributed by atoms with Crippen LogP contribution >= 0.6 is 0 Å². The lowest BCUT2D eigenvalue weighted by atomic mass is 10.0. The lowest BCUT2D eigenvalue weighted by Crippen LogP contribution is -2.48. The maximum absolute atomic E-state index is 13.7. The van der Waals surface area contributed by atoms with Crippen LogP contribution in [0.5, 0.6) is 0 Å². The topological polar surface area (TPSA) is 32.7 Å². The lowest BCUT2D eigenvalue weighted by Gasteiger charge is -2.37. The van der Waals surface area contributed by atoms with Crippen LogP contribution in [-0.2, 0) is 4.74 Å². The Labute approximate surface area is 110 Å². The summed E-state index contributed by atoms with van der Waals surface area (Å²) in [6.45, 7) is 2.18. The molecule has 2 aliphatic heterocycles. The van der Waals surface area contributed by atoms with Crippen molar-refractivity contribution in [3.8, 4) is 0 Å². The van der Waals surface area contributed by atoms with Gasteiger partial charge in [-0.05, 0) is 25.5 Å². The molecule has 5 heteroatoms. The van der Waals surface area contributed by atoms with E-state index < -0.39 is 23.8 Å². The average Bonchev–Trinajstić information content (AvgIpc) is 2.85. The smallest absolute Gasteiger partial charge is 0.132 e. The zero-order valence-corrected chi connectivity index (χ0v) is 10.6. The molecular formula is C14H17F2NO2. The molecular weight excluding hydrogens is 252 g/mol. The first-order chi connectivity index (χ1) is 9.15. The van der Waals surface area contributed by atoms with Gasteiger partial charge in [-0.25, -0.2) is 8.78 Å². The van der Waals surface area contributed by atoms with Gasteiger partial charge in [-0.15, -0.1) is 0 Å². The molecule has 2 aliphatic rings. The van der Waals surface area contributed by atoms with E-state index in [4.69, 9.17) is 4.74 Å². The van der Waals surface area contributed by atoms with Crippen molar-refractivity contribution in [1.82, 2.24) is 4.90 Å². The quantitative estimate of drug-likeness (QED) is 0.889. The van der Waals surface area contributed by atoms with E-state index in [-0.39, 0.29) is 5.56 Å². The average molecular weight is 269 g/mol. The molecule has 3 nitrogen and oxygen atoms in total. The van der Waals surface area contributed by atoms with E-state index in [0.717, 1.165) is 31.5 Å². The summed E-state index contributed by atoms with van der Waals surface area (Å²) in [5, 5.41) is 10.2. The fourth-order valence-corrected chi connectivity index (χ4v) is 2.98. The summed E-state index contributed by atoms with van der Waals surface area (Å²) >= 11 is 0. The maximum Gasteiger partial charge on any atom is 0.132 e. The molecule has 2 saturated heterocycles. The number of ether oxygens (including phenoxy) is 1. The van der Waals surface area contributed by atoms with Gasteiger partial charge in [-0.1, -0.05) is 6.07 Å². The van der Waals surface area contributed by atoms with Crippen molar-refractivity contribution in [2.24, 2.45) is 0 Å². The number of fused-ring (bicyclic) bond motifs is 1. The third kappa shape index (κ3) is 2.50. The molecule has 19 heavy (non-hydrogen) atoms. The molecule has 1 N–H and O–H groups in total. The molecule has 3 rings (SSSR count). The van der Waals surface area contributed by atoms with Crippen LogP contribution < -0.4 is 0 Å². The summed E-state index contributed by atoms with van der Waals surface area (Å²) in [7, 11) is 0. The molecule has 2 heterocycles. The molecule has 0 radical (unpaired) electrons. The van der Waals surface area contributed by atoms with Crippen molar-refractivity contribution in [2.45, 2.75) is 31.1 Å². The monoisotopic (exact) mass is 269 g/mol. The van der Waals surface area contributed by atoms with Crippen LogP contribution in [0.3, 0.4) is 0 Å². The van der Waals surface area contributed by atoms with Gasteiger partial charge in [0.15, 0.2) is 0 Å². The maximum atomic E-state index is 13.7. The highest BCUT2D eigenvalue weighted by molar-refractivity contribution is 5.22. The SMILES string of the molecule is OC(c1ccc(F)cc1F)C1CN2CCCC2CO1. The molecule has 0 aliphatic carbocycles. The predicted molar refractivity (Wildman–Crippen MR) is 65.7 cm³/mol. The summed E-state index contributed by atoms with van der Waals surface area (Å²) in [6.07, 6.45) is 0.756. The van der Waals surface area contributed by atoms with Crippen LogP contribution in [0, 0.1) is 11.6 Å². The number of halogens is 2. The van der Waals surface area contributed by atoms with E-state index in [1.165, 1.54) is 6.07 Å². The Morgan fingerprint density at radius 3 is 3.00 bits per heavy atom. The second-order valence-electron chi connectivity index (χ2n) is 5.27. The number of aliphatic hydroxyl groups excluding tert-OH is 1. The van der Waals surface area contributed by atoms with E-state index >= 15 is 0 Å². The van der Waals surface area contributed by atoms with E-state index in [1.807, 2.05) is 0 Å². The largest absolute Gasteiger partial charge is 0.386 e. The molecule has 0 saturated carbocycles. The molecule has 0 aromatic heterocycles. The minimum Gasteiger partial charge on any atom is -0.386 e. The summed E-state index contributed by atoms with van der Waals surface area (Å²) in [5.74, 6) is -1.36. The number of benzene rings is 1. The van der Waals surface area contributed by atoms with E-state index in [9.17, 15) is 13.9 Å². The standard InChI is InChI=1S/C14H17F2NO2/c15-9-3-4-11(12(16)6-9)14(18)13-7-17-5-1-2-10(17)8-19-13/h3-4,6,10,13-14,18H,1-2,5,7-8H2. The Balaban J connectivity index is 1.74. The number of aliphatic hydroxyl groups is 1. The van der Waals surface area contributed by atoms with Crippen LogP contribution in [0.25, 0.3) is 0 Å². The molecule has 3 atom stereocenters. The van der Waals surface area contributed by atoms with Gasteiger partial charge in [0.25, 0.3) is 0 Å². The molecule has 0 bridgehead atoms. The van der Waals surface area contributed by atoms with Crippen LogP contribution in [0.15, 0.2) is 18.2 Å². The fourth-order valence-electron chi connectivity index (χ4n) is 2.98. The zero-order valence-electron chi connectivity index (χ0n) is 10.6. The van der Waals surface area contributed by atoms with E-state index in [1.54, 1.807) is 0 Å². The van der Waals surface area contributed by atoms with Gasteiger partial charge >= 0.3 is 0 Å². The molecule has 0 amide bonds. The van der Waals surface area contributed by atoms with Gasteiger partial charge in [0, 0.05) is 24.2 Å². The fraction of sp³-hybridized carbons (Fsp3) is 0.571. The Kier molecular flexibility index (Phi) is 3.52. The Bertz CT molecular complexity index is 469. The molecule has 2 fully saturated rings. The Hall–Kier alpha value is -1.04. The Morgan fingerprint density at radius 1 is 1.37 bits per heavy atom. The second-order valence-corrected chi connectivity index (χ2v) is 5.27. The van der Waals surface area contributed by atoms with Gasteiger partial charge in [0.05, 0.1) is 6.61 Å². The van der Waals surface area contributed by atoms with Crippen LogP contribution in [0.4, 0.5) is 8.78 Å². The second kappa shape index (κ2) is 5.15. The Morgan fingerprint density at radius 2 is 2.21 bits per heavy atom. The molecule has 1 aromatic rings. The number of nitrogens with zero attached hydrogens (tertiary/aromatic N) is 1. The summed E-state index contributed by atoms with van der Waals surface area (Å²) in [6, 6.07) is 3.67. The first kappa shape index (κ1) is 13.0. The summed E-state index contributed by atoms with van der Waals surface area (Å²) in [4.78, 5) is 2.28. The molecule has 0 spiro atoms. The van der Waals surface area contributed by atoms with Crippen LogP contribution in [0.2, 0.25) is 0 Å². The minimum absolute atomic E-state index is 0.101. The highest BCUT2D eigenvalue weighted by Crippen LogP contribution is 2.29. The van der Waals surface area contributed by atoms with Crippen molar-refractivity contribution in [3.05, 3.63) is 35.4 Å². The van der Waals surface area contributed by atoms with Crippen LogP contribution in [-0.4, -0.2) is 41.8 Å². The molecule has 104 valence electrons. The number of rotatable bonds is 2. The third-order valence-electron chi connectivity index (χ3n) is 4.05. The third-order valence-corrected chi connectivity index (χ3v) is 4.05. The summed E-state index contributed by atoms with van der Waals surface area (Å²) in [5.41, 5.74) is 0.101. The van der Waals surface area contributed by atoms with Crippen molar-refractivity contribution >= 4 is 0 Å². The van der Waals surface area contributed by atoms with Crippen molar-refractivity contribution < 1.29 is 18.6 Å². The molecule has 1 aromatic carbocycles. The number of hydrogen-bond donors (Lipinski definition) is 1. The lowest BCUT2D eigenvalue weighted by molar-refractivity contribution is -0.104. The summed E-state index contributed by atoms with van der Waals surface area (Å²) < 4.78 is 32.2. The number of hydrogen-bond acceptors (Lipinski definition) is 3. The van der Waals surface area contributed by atoms with Gasteiger partial charge in [-0.2, -0.15) is 0 Å². The normalized spacial score (nSPS) is 29.2. The minimum atomic E-state index is -1.05. The van der Waals surface area contributed by atoms with Crippen molar-refractivity contribution in [1.29, 1.82) is 0 Å². The predicted octanol–water partition coefficient (Wildman–Crippen LogP) is 1.86. The van der Waals surface area contributed by atoms with Gasteiger partial charge in [0.2, 0.25) is 0 Å². The zero-order chi connectivity index (χ0) is 13.4. The highest BCUT2D eigenvalue weighted by Gasteiger charge is 2.36. The van der Waals surface area contributed by atoms with Crippen LogP contribution in [0.1, 0.15) is 24.5 Å². The van der Waals surface area contributed by atoms with E-state index in [2.05, 4.69) is 4.90 Å².